The molecule has 2 heterocycles. The molecule has 6 nitrogen and oxygen atoms in total. The molecule has 2 N–H and O–H groups in total. The van der Waals surface area contributed by atoms with E-state index in [9.17, 15) is 4.79 Å². The highest BCUT2D eigenvalue weighted by molar-refractivity contribution is 7.18. The van der Waals surface area contributed by atoms with Crippen LogP contribution in [0.4, 0.5) is 5.13 Å². The van der Waals surface area contributed by atoms with Crippen LogP contribution in [0.25, 0.3) is 10.6 Å². The molecule has 0 bridgehead atoms. The summed E-state index contributed by atoms with van der Waals surface area (Å²) in [6, 6.07) is 7.41. The number of halogens is 1. The Morgan fingerprint density at radius 2 is 2.21 bits per heavy atom. The SMILES string of the molecule is COCC1(C(=O)Nc2nnc(-c3cccc(Cl)c3)s2)CCNCC1. The molecule has 0 atom stereocenters. The first-order chi connectivity index (χ1) is 11.6. The lowest BCUT2D eigenvalue weighted by Gasteiger charge is -2.35. The summed E-state index contributed by atoms with van der Waals surface area (Å²) >= 11 is 7.34. The van der Waals surface area contributed by atoms with Gasteiger partial charge in [0.2, 0.25) is 11.0 Å². The Balaban J connectivity index is 1.75. The third-order valence-electron chi connectivity index (χ3n) is 4.18. The van der Waals surface area contributed by atoms with Crippen LogP contribution in [0.3, 0.4) is 0 Å². The topological polar surface area (TPSA) is 76.1 Å². The second kappa shape index (κ2) is 7.57. The van der Waals surface area contributed by atoms with E-state index in [1.165, 1.54) is 11.3 Å². The first-order valence-corrected chi connectivity index (χ1v) is 8.93. The number of hydrogen-bond donors (Lipinski definition) is 2. The van der Waals surface area contributed by atoms with Crippen LogP contribution in [0, 0.1) is 5.41 Å². The van der Waals surface area contributed by atoms with E-state index in [1.807, 2.05) is 18.2 Å². The standard InChI is InChI=1S/C16H19ClN4O2S/c1-23-10-16(5-7-18-8-6-16)14(22)19-15-21-20-13(24-15)11-3-2-4-12(17)9-11/h2-4,9,18H,5-8,10H2,1H3,(H,19,21,22). The number of hydrogen-bond acceptors (Lipinski definition) is 6. The number of nitrogens with zero attached hydrogens (tertiary/aromatic N) is 2. The van der Waals surface area contributed by atoms with Crippen molar-refractivity contribution in [2.75, 3.05) is 32.1 Å². The Kier molecular flexibility index (Phi) is 5.45. The highest BCUT2D eigenvalue weighted by Gasteiger charge is 2.40. The minimum Gasteiger partial charge on any atom is -0.384 e. The maximum Gasteiger partial charge on any atom is 0.234 e. The Morgan fingerprint density at radius 3 is 2.92 bits per heavy atom. The van der Waals surface area contributed by atoms with Crippen LogP contribution < -0.4 is 10.6 Å². The zero-order valence-electron chi connectivity index (χ0n) is 13.3. The van der Waals surface area contributed by atoms with Crippen molar-refractivity contribution in [2.45, 2.75) is 12.8 Å². The smallest absolute Gasteiger partial charge is 0.234 e. The summed E-state index contributed by atoms with van der Waals surface area (Å²) in [4.78, 5) is 12.8. The first kappa shape index (κ1) is 17.3. The molecular weight excluding hydrogens is 348 g/mol. The molecule has 1 fully saturated rings. The maximum absolute atomic E-state index is 12.8. The van der Waals surface area contributed by atoms with Crippen molar-refractivity contribution in [1.29, 1.82) is 0 Å². The number of aromatic nitrogens is 2. The molecule has 2 aromatic rings. The minimum atomic E-state index is -0.512. The van der Waals surface area contributed by atoms with Crippen molar-refractivity contribution in [1.82, 2.24) is 15.5 Å². The Hall–Kier alpha value is -1.54. The number of carbonyl (C=O) groups is 1. The number of anilines is 1. The third-order valence-corrected chi connectivity index (χ3v) is 5.30. The van der Waals surface area contributed by atoms with Crippen molar-refractivity contribution >= 4 is 34.0 Å². The molecule has 1 aromatic carbocycles. The fourth-order valence-electron chi connectivity index (χ4n) is 2.86. The number of nitrogens with one attached hydrogen (secondary N) is 2. The van der Waals surface area contributed by atoms with Gasteiger partial charge in [0.05, 0.1) is 12.0 Å². The van der Waals surface area contributed by atoms with Gasteiger partial charge in [-0.3, -0.25) is 10.1 Å². The lowest BCUT2D eigenvalue weighted by atomic mass is 9.79. The zero-order chi connectivity index (χ0) is 17.0. The van der Waals surface area contributed by atoms with Gasteiger partial charge in [-0.15, -0.1) is 10.2 Å². The molecule has 0 unspecified atom stereocenters. The van der Waals surface area contributed by atoms with Gasteiger partial charge in [0.1, 0.15) is 5.01 Å². The van der Waals surface area contributed by atoms with Crippen molar-refractivity contribution in [3.63, 3.8) is 0 Å². The molecule has 8 heteroatoms. The fourth-order valence-corrected chi connectivity index (χ4v) is 3.79. The summed E-state index contributed by atoms with van der Waals surface area (Å²) in [5.41, 5.74) is 0.371. The molecule has 1 saturated heterocycles. The Morgan fingerprint density at radius 1 is 1.42 bits per heavy atom. The van der Waals surface area contributed by atoms with Gasteiger partial charge < -0.3 is 10.1 Å². The van der Waals surface area contributed by atoms with Crippen LogP contribution >= 0.6 is 22.9 Å². The number of benzene rings is 1. The number of methoxy groups -OCH3 is 1. The number of carbonyl (C=O) groups excluding carboxylic acids is 1. The van der Waals surface area contributed by atoms with E-state index < -0.39 is 5.41 Å². The molecule has 0 saturated carbocycles. The van der Waals surface area contributed by atoms with Gasteiger partial charge in [0, 0.05) is 17.7 Å². The molecule has 1 aromatic heterocycles. The van der Waals surface area contributed by atoms with E-state index in [1.54, 1.807) is 13.2 Å². The molecular formula is C16H19ClN4O2S. The van der Waals surface area contributed by atoms with Crippen LogP contribution in [0.15, 0.2) is 24.3 Å². The van der Waals surface area contributed by atoms with Crippen LogP contribution in [0.5, 0.6) is 0 Å². The molecule has 3 rings (SSSR count). The normalized spacial score (nSPS) is 16.8. The third kappa shape index (κ3) is 3.75. The molecule has 24 heavy (non-hydrogen) atoms. The van der Waals surface area contributed by atoms with Crippen LogP contribution in [0.1, 0.15) is 12.8 Å². The van der Waals surface area contributed by atoms with E-state index in [2.05, 4.69) is 20.8 Å². The number of ether oxygens (including phenoxy) is 1. The maximum atomic E-state index is 12.8. The van der Waals surface area contributed by atoms with Crippen molar-refractivity contribution in [3.8, 4) is 10.6 Å². The monoisotopic (exact) mass is 366 g/mol. The van der Waals surface area contributed by atoms with Crippen LogP contribution in [0.2, 0.25) is 5.02 Å². The molecule has 0 aliphatic carbocycles. The van der Waals surface area contributed by atoms with Crippen LogP contribution in [-0.4, -0.2) is 42.9 Å². The van der Waals surface area contributed by atoms with Gasteiger partial charge in [0.25, 0.3) is 0 Å². The summed E-state index contributed by atoms with van der Waals surface area (Å²) in [5, 5.41) is 16.3. The molecule has 1 aliphatic rings. The number of piperidine rings is 1. The van der Waals surface area contributed by atoms with Gasteiger partial charge in [-0.25, -0.2) is 0 Å². The Bertz CT molecular complexity index is 710. The average Bonchev–Trinajstić information content (AvgIpc) is 3.04. The van der Waals surface area contributed by atoms with Crippen molar-refractivity contribution < 1.29 is 9.53 Å². The average molecular weight is 367 g/mol. The van der Waals surface area contributed by atoms with Gasteiger partial charge in [0.15, 0.2) is 0 Å². The summed E-state index contributed by atoms with van der Waals surface area (Å²) < 4.78 is 5.30. The number of rotatable bonds is 5. The van der Waals surface area contributed by atoms with E-state index in [-0.39, 0.29) is 5.91 Å². The molecule has 0 spiro atoms. The fraction of sp³-hybridized carbons (Fsp3) is 0.438. The van der Waals surface area contributed by atoms with E-state index in [4.69, 9.17) is 16.3 Å². The summed E-state index contributed by atoms with van der Waals surface area (Å²) in [5.74, 6) is -0.0559. The predicted molar refractivity (Wildman–Crippen MR) is 95.4 cm³/mol. The van der Waals surface area contributed by atoms with E-state index in [0.717, 1.165) is 36.5 Å². The van der Waals surface area contributed by atoms with E-state index in [0.29, 0.717) is 16.8 Å². The van der Waals surface area contributed by atoms with Gasteiger partial charge >= 0.3 is 0 Å². The summed E-state index contributed by atoms with van der Waals surface area (Å²) in [6.45, 7) is 2.02. The number of amides is 1. The lowest BCUT2D eigenvalue weighted by molar-refractivity contribution is -0.130. The largest absolute Gasteiger partial charge is 0.384 e. The van der Waals surface area contributed by atoms with Crippen molar-refractivity contribution in [3.05, 3.63) is 29.3 Å². The van der Waals surface area contributed by atoms with Gasteiger partial charge in [-0.2, -0.15) is 0 Å². The molecule has 1 aliphatic heterocycles. The first-order valence-electron chi connectivity index (χ1n) is 7.73. The predicted octanol–water partition coefficient (Wildman–Crippen LogP) is 2.81. The highest BCUT2D eigenvalue weighted by atomic mass is 35.5. The quantitative estimate of drug-likeness (QED) is 0.851. The second-order valence-corrected chi connectivity index (χ2v) is 7.25. The zero-order valence-corrected chi connectivity index (χ0v) is 14.9. The second-order valence-electron chi connectivity index (χ2n) is 5.84. The Labute approximate surface area is 149 Å². The highest BCUT2D eigenvalue weighted by Crippen LogP contribution is 2.33. The summed E-state index contributed by atoms with van der Waals surface area (Å²) in [6.07, 6.45) is 1.49. The lowest BCUT2D eigenvalue weighted by Crippen LogP contribution is -2.47. The van der Waals surface area contributed by atoms with E-state index >= 15 is 0 Å². The van der Waals surface area contributed by atoms with Gasteiger partial charge in [-0.1, -0.05) is 35.1 Å². The summed E-state index contributed by atoms with van der Waals surface area (Å²) in [7, 11) is 1.62. The molecule has 128 valence electrons. The molecule has 0 radical (unpaired) electrons. The van der Waals surface area contributed by atoms with Crippen molar-refractivity contribution in [2.24, 2.45) is 5.41 Å². The van der Waals surface area contributed by atoms with Crippen LogP contribution in [-0.2, 0) is 9.53 Å². The minimum absolute atomic E-state index is 0.0559. The molecule has 1 amide bonds. The van der Waals surface area contributed by atoms with Gasteiger partial charge in [-0.05, 0) is 38.1 Å².